The molecule has 108 valence electrons. The Balaban J connectivity index is 1.95. The molecule has 20 heavy (non-hydrogen) atoms. The lowest BCUT2D eigenvalue weighted by molar-refractivity contribution is 0.305. The summed E-state index contributed by atoms with van der Waals surface area (Å²) in [5, 5.41) is 0. The summed E-state index contributed by atoms with van der Waals surface area (Å²) >= 11 is 0. The number of rotatable bonds is 6. The van der Waals surface area contributed by atoms with Crippen LogP contribution in [0.3, 0.4) is 0 Å². The van der Waals surface area contributed by atoms with E-state index in [1.165, 1.54) is 5.56 Å². The second-order valence-electron chi connectivity index (χ2n) is 5.22. The molecule has 2 aromatic heterocycles. The van der Waals surface area contributed by atoms with E-state index in [9.17, 15) is 0 Å². The van der Waals surface area contributed by atoms with Crippen LogP contribution >= 0.6 is 0 Å². The summed E-state index contributed by atoms with van der Waals surface area (Å²) in [5.41, 5.74) is 1.22. The summed E-state index contributed by atoms with van der Waals surface area (Å²) in [6.07, 6.45) is 5.83. The highest BCUT2D eigenvalue weighted by atomic mass is 15.2. The molecule has 0 unspecified atom stereocenters. The van der Waals surface area contributed by atoms with Gasteiger partial charge in [0, 0.05) is 45.8 Å². The summed E-state index contributed by atoms with van der Waals surface area (Å²) in [4.78, 5) is 13.1. The molecule has 0 amide bonds. The molecule has 2 heterocycles. The maximum Gasteiger partial charge on any atom is 0.127 e. The van der Waals surface area contributed by atoms with Gasteiger partial charge in [-0.2, -0.15) is 0 Å². The van der Waals surface area contributed by atoms with Crippen molar-refractivity contribution in [2.24, 2.45) is 0 Å². The lowest BCUT2D eigenvalue weighted by atomic mass is 10.2. The Morgan fingerprint density at radius 2 is 1.90 bits per heavy atom. The van der Waals surface area contributed by atoms with Crippen molar-refractivity contribution in [3.63, 3.8) is 0 Å². The van der Waals surface area contributed by atoms with Gasteiger partial charge in [0.15, 0.2) is 0 Å². The van der Waals surface area contributed by atoms with E-state index in [4.69, 9.17) is 0 Å². The molecule has 0 fully saturated rings. The first-order valence-electron chi connectivity index (χ1n) is 6.91. The van der Waals surface area contributed by atoms with Gasteiger partial charge in [-0.15, -0.1) is 0 Å². The molecule has 0 spiro atoms. The third-order valence-electron chi connectivity index (χ3n) is 3.27. The topological polar surface area (TPSA) is 37.2 Å². The Hall–Kier alpha value is -1.88. The molecule has 2 aromatic rings. The third-order valence-corrected chi connectivity index (χ3v) is 3.27. The molecule has 0 aliphatic rings. The number of anilines is 1. The van der Waals surface area contributed by atoms with Crippen molar-refractivity contribution in [1.29, 1.82) is 0 Å². The highest BCUT2D eigenvalue weighted by molar-refractivity contribution is 5.37. The van der Waals surface area contributed by atoms with Crippen molar-refractivity contribution in [2.75, 3.05) is 26.0 Å². The van der Waals surface area contributed by atoms with Crippen LogP contribution in [0.1, 0.15) is 18.3 Å². The summed E-state index contributed by atoms with van der Waals surface area (Å²) < 4.78 is 2.17. The number of pyridine rings is 1. The van der Waals surface area contributed by atoms with Crippen LogP contribution in [0, 0.1) is 0 Å². The van der Waals surface area contributed by atoms with Crippen molar-refractivity contribution < 1.29 is 0 Å². The van der Waals surface area contributed by atoms with E-state index in [1.54, 1.807) is 0 Å². The molecule has 0 saturated carbocycles. The fourth-order valence-electron chi connectivity index (χ4n) is 2.16. The Morgan fingerprint density at radius 3 is 2.50 bits per heavy atom. The van der Waals surface area contributed by atoms with Crippen molar-refractivity contribution in [3.05, 3.63) is 42.1 Å². The van der Waals surface area contributed by atoms with Crippen LogP contribution in [0.4, 0.5) is 5.82 Å². The number of aromatic nitrogens is 3. The lowest BCUT2D eigenvalue weighted by Crippen LogP contribution is -2.20. The minimum absolute atomic E-state index is 0.844. The van der Waals surface area contributed by atoms with Gasteiger partial charge in [0.25, 0.3) is 0 Å². The molecule has 0 saturated heterocycles. The van der Waals surface area contributed by atoms with Crippen LogP contribution in [0.15, 0.2) is 30.7 Å². The van der Waals surface area contributed by atoms with Crippen LogP contribution in [0.2, 0.25) is 0 Å². The van der Waals surface area contributed by atoms with Gasteiger partial charge in [-0.3, -0.25) is 4.90 Å². The number of hydrogen-bond acceptors (Lipinski definition) is 4. The molecule has 0 bridgehead atoms. The monoisotopic (exact) mass is 273 g/mol. The maximum atomic E-state index is 4.44. The van der Waals surface area contributed by atoms with Gasteiger partial charge in [0.05, 0.1) is 6.54 Å². The second-order valence-corrected chi connectivity index (χ2v) is 5.22. The van der Waals surface area contributed by atoms with Gasteiger partial charge < -0.3 is 9.47 Å². The van der Waals surface area contributed by atoms with Crippen LogP contribution in [-0.4, -0.2) is 40.6 Å². The van der Waals surface area contributed by atoms with E-state index in [1.807, 2.05) is 37.6 Å². The zero-order valence-corrected chi connectivity index (χ0v) is 12.7. The Kier molecular flexibility index (Phi) is 4.74. The van der Waals surface area contributed by atoms with Crippen LogP contribution in [0.5, 0.6) is 0 Å². The maximum absolute atomic E-state index is 4.44. The zero-order valence-electron chi connectivity index (χ0n) is 12.7. The average molecular weight is 273 g/mol. The van der Waals surface area contributed by atoms with Gasteiger partial charge >= 0.3 is 0 Å². The Bertz CT molecular complexity index is 529. The third kappa shape index (κ3) is 3.57. The molecule has 0 aliphatic carbocycles. The van der Waals surface area contributed by atoms with Crippen molar-refractivity contribution in [1.82, 2.24) is 19.4 Å². The van der Waals surface area contributed by atoms with E-state index in [2.05, 4.69) is 45.5 Å². The largest absolute Gasteiger partial charge is 0.363 e. The molecule has 0 atom stereocenters. The highest BCUT2D eigenvalue weighted by Gasteiger charge is 2.07. The molecule has 0 aromatic carbocycles. The SMILES string of the molecule is CCn1ccnc1CN(C)Cc1ccc(N(C)C)nc1. The number of aryl methyl sites for hydroxylation is 1. The highest BCUT2D eigenvalue weighted by Crippen LogP contribution is 2.10. The quantitative estimate of drug-likeness (QED) is 0.806. The normalized spacial score (nSPS) is 11.1. The first kappa shape index (κ1) is 14.5. The number of imidazole rings is 1. The van der Waals surface area contributed by atoms with E-state index in [0.717, 1.165) is 31.3 Å². The molecular formula is C15H23N5. The summed E-state index contributed by atoms with van der Waals surface area (Å²) in [7, 11) is 6.10. The van der Waals surface area contributed by atoms with Crippen LogP contribution in [-0.2, 0) is 19.6 Å². The van der Waals surface area contributed by atoms with Gasteiger partial charge in [0.2, 0.25) is 0 Å². The predicted molar refractivity (Wildman–Crippen MR) is 81.6 cm³/mol. The van der Waals surface area contributed by atoms with Crippen molar-refractivity contribution in [3.8, 4) is 0 Å². The van der Waals surface area contributed by atoms with E-state index < -0.39 is 0 Å². The zero-order chi connectivity index (χ0) is 14.5. The Labute approximate surface area is 120 Å². The van der Waals surface area contributed by atoms with Crippen LogP contribution in [0.25, 0.3) is 0 Å². The van der Waals surface area contributed by atoms with E-state index in [-0.39, 0.29) is 0 Å². The standard InChI is InChI=1S/C15H23N5/c1-5-20-9-8-16-15(20)12-19(4)11-13-6-7-14(17-10-13)18(2)3/h6-10H,5,11-12H2,1-4H3. The van der Waals surface area contributed by atoms with Crippen molar-refractivity contribution >= 4 is 5.82 Å². The number of nitrogens with zero attached hydrogens (tertiary/aromatic N) is 5. The first-order chi connectivity index (χ1) is 9.60. The fraction of sp³-hybridized carbons (Fsp3) is 0.467. The summed E-state index contributed by atoms with van der Waals surface area (Å²) in [6.45, 7) is 4.81. The molecule has 2 rings (SSSR count). The molecule has 0 radical (unpaired) electrons. The molecule has 0 aliphatic heterocycles. The first-order valence-corrected chi connectivity index (χ1v) is 6.91. The minimum atomic E-state index is 0.844. The fourth-order valence-corrected chi connectivity index (χ4v) is 2.16. The van der Waals surface area contributed by atoms with E-state index in [0.29, 0.717) is 0 Å². The Morgan fingerprint density at radius 1 is 1.10 bits per heavy atom. The molecular weight excluding hydrogens is 250 g/mol. The minimum Gasteiger partial charge on any atom is -0.363 e. The molecule has 5 nitrogen and oxygen atoms in total. The summed E-state index contributed by atoms with van der Waals surface area (Å²) in [6, 6.07) is 4.18. The van der Waals surface area contributed by atoms with Crippen molar-refractivity contribution in [2.45, 2.75) is 26.6 Å². The van der Waals surface area contributed by atoms with Crippen LogP contribution < -0.4 is 4.90 Å². The average Bonchev–Trinajstić information content (AvgIpc) is 2.86. The number of hydrogen-bond donors (Lipinski definition) is 0. The predicted octanol–water partition coefficient (Wildman–Crippen LogP) is 2.00. The van der Waals surface area contributed by atoms with Gasteiger partial charge in [-0.1, -0.05) is 6.07 Å². The van der Waals surface area contributed by atoms with Gasteiger partial charge in [0.1, 0.15) is 11.6 Å². The molecule has 0 N–H and O–H groups in total. The molecule has 5 heteroatoms. The smallest absolute Gasteiger partial charge is 0.127 e. The second kappa shape index (κ2) is 6.52. The van der Waals surface area contributed by atoms with Gasteiger partial charge in [-0.25, -0.2) is 9.97 Å². The lowest BCUT2D eigenvalue weighted by Gasteiger charge is -2.17. The summed E-state index contributed by atoms with van der Waals surface area (Å²) in [5.74, 6) is 2.09. The van der Waals surface area contributed by atoms with E-state index >= 15 is 0 Å². The van der Waals surface area contributed by atoms with Gasteiger partial charge in [-0.05, 0) is 25.6 Å².